The first-order valence-corrected chi connectivity index (χ1v) is 9.37. The molecule has 4 nitrogen and oxygen atoms in total. The second kappa shape index (κ2) is 8.29. The van der Waals surface area contributed by atoms with Gasteiger partial charge in [-0.05, 0) is 25.0 Å². The van der Waals surface area contributed by atoms with Crippen LogP contribution in [0.25, 0.3) is 10.6 Å². The number of hydrogen-bond donors (Lipinski definition) is 1. The fourth-order valence-electron chi connectivity index (χ4n) is 2.19. The van der Waals surface area contributed by atoms with E-state index in [4.69, 9.17) is 4.98 Å². The summed E-state index contributed by atoms with van der Waals surface area (Å²) in [4.78, 5) is 20.4. The zero-order valence-corrected chi connectivity index (χ0v) is 15.0. The van der Waals surface area contributed by atoms with Crippen LogP contribution in [-0.2, 0) is 11.3 Å². The van der Waals surface area contributed by atoms with E-state index in [2.05, 4.69) is 41.6 Å². The average molecular weight is 338 g/mol. The lowest BCUT2D eigenvalue weighted by Gasteiger charge is -2.19. The zero-order valence-electron chi connectivity index (χ0n) is 13.4. The summed E-state index contributed by atoms with van der Waals surface area (Å²) in [6.07, 6.45) is 2.27. The quantitative estimate of drug-likeness (QED) is 0.787. The van der Waals surface area contributed by atoms with Crippen molar-refractivity contribution in [3.63, 3.8) is 0 Å². The number of anilines is 1. The number of aromatic nitrogens is 1. The maximum atomic E-state index is 11.0. The predicted octanol–water partition coefficient (Wildman–Crippen LogP) is 4.13. The summed E-state index contributed by atoms with van der Waals surface area (Å²) < 4.78 is 0. The van der Waals surface area contributed by atoms with Crippen molar-refractivity contribution in [1.82, 2.24) is 10.3 Å². The molecule has 1 N–H and O–H groups in total. The largest absolute Gasteiger partial charge is 0.351 e. The molecule has 0 atom stereocenters. The zero-order chi connectivity index (χ0) is 15.9. The monoisotopic (exact) mass is 337 g/mol. The Morgan fingerprint density at radius 3 is 2.64 bits per heavy atom. The van der Waals surface area contributed by atoms with Crippen LogP contribution in [0.2, 0.25) is 0 Å². The highest BCUT2D eigenvalue weighted by atomic mass is 32.1. The number of amides is 1. The van der Waals surface area contributed by atoms with Crippen LogP contribution in [0.4, 0.5) is 5.13 Å². The molecule has 2 aromatic rings. The van der Waals surface area contributed by atoms with Crippen molar-refractivity contribution < 1.29 is 4.79 Å². The van der Waals surface area contributed by atoms with Gasteiger partial charge in [0.05, 0.1) is 17.1 Å². The summed E-state index contributed by atoms with van der Waals surface area (Å²) in [5.41, 5.74) is 1.04. The van der Waals surface area contributed by atoms with E-state index in [0.29, 0.717) is 6.54 Å². The van der Waals surface area contributed by atoms with Gasteiger partial charge in [-0.1, -0.05) is 13.8 Å². The van der Waals surface area contributed by atoms with Crippen LogP contribution in [0.15, 0.2) is 17.5 Å². The minimum Gasteiger partial charge on any atom is -0.351 e. The van der Waals surface area contributed by atoms with Crippen LogP contribution in [0.1, 0.15) is 38.5 Å². The molecule has 0 saturated heterocycles. The number of nitrogens with one attached hydrogen (secondary N) is 1. The SMILES string of the molecule is CCCN(CCC)c1nc(-c2ccc(CNC(C)=O)s2)cs1. The molecule has 0 radical (unpaired) electrons. The molecule has 0 fully saturated rings. The van der Waals surface area contributed by atoms with Gasteiger partial charge in [0.2, 0.25) is 5.91 Å². The van der Waals surface area contributed by atoms with Crippen molar-refractivity contribution in [2.45, 2.75) is 40.2 Å². The van der Waals surface area contributed by atoms with Gasteiger partial charge in [0.1, 0.15) is 0 Å². The molecule has 120 valence electrons. The summed E-state index contributed by atoms with van der Waals surface area (Å²) in [6, 6.07) is 4.15. The Morgan fingerprint density at radius 1 is 1.27 bits per heavy atom. The Labute approximate surface area is 140 Å². The lowest BCUT2D eigenvalue weighted by molar-refractivity contribution is -0.119. The van der Waals surface area contributed by atoms with Crippen LogP contribution in [-0.4, -0.2) is 24.0 Å². The van der Waals surface area contributed by atoms with Gasteiger partial charge in [0, 0.05) is 30.3 Å². The van der Waals surface area contributed by atoms with Gasteiger partial charge in [-0.3, -0.25) is 4.79 Å². The highest BCUT2D eigenvalue weighted by molar-refractivity contribution is 7.17. The Morgan fingerprint density at radius 2 is 2.00 bits per heavy atom. The molecule has 6 heteroatoms. The first-order valence-electron chi connectivity index (χ1n) is 7.68. The molecule has 0 aliphatic rings. The minimum atomic E-state index is 0.000618. The molecule has 2 rings (SSSR count). The summed E-state index contributed by atoms with van der Waals surface area (Å²) >= 11 is 3.40. The van der Waals surface area contributed by atoms with Crippen molar-refractivity contribution in [2.75, 3.05) is 18.0 Å². The highest BCUT2D eigenvalue weighted by Gasteiger charge is 2.12. The first-order chi connectivity index (χ1) is 10.6. The summed E-state index contributed by atoms with van der Waals surface area (Å²) in [6.45, 7) is 8.64. The van der Waals surface area contributed by atoms with E-state index in [0.717, 1.165) is 46.5 Å². The minimum absolute atomic E-state index is 0.000618. The summed E-state index contributed by atoms with van der Waals surface area (Å²) in [5, 5.41) is 6.06. The summed E-state index contributed by atoms with van der Waals surface area (Å²) in [5.74, 6) is 0.000618. The molecule has 0 bridgehead atoms. The lowest BCUT2D eigenvalue weighted by Crippen LogP contribution is -2.24. The van der Waals surface area contributed by atoms with E-state index in [9.17, 15) is 4.79 Å². The molecule has 0 saturated carbocycles. The van der Waals surface area contributed by atoms with Gasteiger partial charge in [-0.15, -0.1) is 22.7 Å². The average Bonchev–Trinajstić information content (AvgIpc) is 3.14. The Kier molecular flexibility index (Phi) is 6.39. The van der Waals surface area contributed by atoms with Crippen LogP contribution >= 0.6 is 22.7 Å². The van der Waals surface area contributed by atoms with Gasteiger partial charge in [0.15, 0.2) is 5.13 Å². The molecule has 2 heterocycles. The second-order valence-electron chi connectivity index (χ2n) is 5.18. The number of carbonyl (C=O) groups excluding carboxylic acids is 1. The number of rotatable bonds is 8. The number of thiazole rings is 1. The molecule has 0 aliphatic heterocycles. The van der Waals surface area contributed by atoms with Crippen molar-refractivity contribution in [2.24, 2.45) is 0 Å². The lowest BCUT2D eigenvalue weighted by atomic mass is 10.3. The van der Waals surface area contributed by atoms with Crippen LogP contribution < -0.4 is 10.2 Å². The third kappa shape index (κ3) is 4.55. The normalized spacial score (nSPS) is 10.7. The number of nitrogens with zero attached hydrogens (tertiary/aromatic N) is 2. The predicted molar refractivity (Wildman–Crippen MR) is 95.7 cm³/mol. The Hall–Kier alpha value is -1.40. The van der Waals surface area contributed by atoms with E-state index in [1.54, 1.807) is 22.7 Å². The van der Waals surface area contributed by atoms with E-state index in [1.165, 1.54) is 6.92 Å². The maximum Gasteiger partial charge on any atom is 0.217 e. The van der Waals surface area contributed by atoms with Gasteiger partial charge >= 0.3 is 0 Å². The number of hydrogen-bond acceptors (Lipinski definition) is 5. The molecular weight excluding hydrogens is 314 g/mol. The fourth-order valence-corrected chi connectivity index (χ4v) is 4.05. The van der Waals surface area contributed by atoms with E-state index in [1.807, 2.05) is 0 Å². The highest BCUT2D eigenvalue weighted by Crippen LogP contribution is 2.32. The first kappa shape index (κ1) is 17.0. The van der Waals surface area contributed by atoms with Gasteiger partial charge in [-0.25, -0.2) is 4.98 Å². The molecular formula is C16H23N3OS2. The van der Waals surface area contributed by atoms with Crippen LogP contribution in [0.3, 0.4) is 0 Å². The molecule has 22 heavy (non-hydrogen) atoms. The number of carbonyl (C=O) groups is 1. The smallest absolute Gasteiger partial charge is 0.217 e. The molecule has 1 amide bonds. The van der Waals surface area contributed by atoms with E-state index in [-0.39, 0.29) is 5.91 Å². The van der Waals surface area contributed by atoms with Gasteiger partial charge in [0.25, 0.3) is 0 Å². The van der Waals surface area contributed by atoms with Gasteiger partial charge < -0.3 is 10.2 Å². The van der Waals surface area contributed by atoms with Crippen molar-refractivity contribution in [3.8, 4) is 10.6 Å². The third-order valence-corrected chi connectivity index (χ3v) is 5.18. The third-order valence-electron chi connectivity index (χ3n) is 3.18. The van der Waals surface area contributed by atoms with E-state index >= 15 is 0 Å². The molecule has 0 aromatic carbocycles. The van der Waals surface area contributed by atoms with Crippen molar-refractivity contribution in [1.29, 1.82) is 0 Å². The molecule has 0 spiro atoms. The van der Waals surface area contributed by atoms with E-state index < -0.39 is 0 Å². The maximum absolute atomic E-state index is 11.0. The second-order valence-corrected chi connectivity index (χ2v) is 7.18. The van der Waals surface area contributed by atoms with Gasteiger partial charge in [-0.2, -0.15) is 0 Å². The van der Waals surface area contributed by atoms with Crippen LogP contribution in [0.5, 0.6) is 0 Å². The molecule has 0 aliphatic carbocycles. The molecule has 0 unspecified atom stereocenters. The number of thiophene rings is 1. The van der Waals surface area contributed by atoms with Crippen molar-refractivity contribution in [3.05, 3.63) is 22.4 Å². The fraction of sp³-hybridized carbons (Fsp3) is 0.500. The Balaban J connectivity index is 2.08. The van der Waals surface area contributed by atoms with Crippen LogP contribution in [0, 0.1) is 0 Å². The Bertz CT molecular complexity index is 600. The topological polar surface area (TPSA) is 45.2 Å². The van der Waals surface area contributed by atoms with Crippen molar-refractivity contribution >= 4 is 33.7 Å². The summed E-state index contributed by atoms with van der Waals surface area (Å²) in [7, 11) is 0. The standard InChI is InChI=1S/C16H23N3OS2/c1-4-8-19(9-5-2)16-18-14(11-21-16)15-7-6-13(22-15)10-17-12(3)20/h6-7,11H,4-5,8-10H2,1-3H3,(H,17,20). The molecule has 2 aromatic heterocycles.